The second-order valence-corrected chi connectivity index (χ2v) is 8.85. The first-order valence-electron chi connectivity index (χ1n) is 10.9. The number of rotatable bonds is 10. The van der Waals surface area contributed by atoms with Gasteiger partial charge in [0.2, 0.25) is 5.91 Å². The zero-order valence-corrected chi connectivity index (χ0v) is 19.8. The zero-order valence-electron chi connectivity index (χ0n) is 19.8. The van der Waals surface area contributed by atoms with Crippen LogP contribution >= 0.6 is 0 Å². The Labute approximate surface area is 198 Å². The number of hydrogen-bond donors (Lipinski definition) is 2. The summed E-state index contributed by atoms with van der Waals surface area (Å²) in [7, 11) is 0. The van der Waals surface area contributed by atoms with Gasteiger partial charge in [-0.2, -0.15) is 0 Å². The molecule has 11 nitrogen and oxygen atoms in total. The molecule has 0 aromatic heterocycles. The van der Waals surface area contributed by atoms with Crippen molar-refractivity contribution in [2.24, 2.45) is 0 Å². The molecule has 3 atom stereocenters. The van der Waals surface area contributed by atoms with Gasteiger partial charge in [-0.05, 0) is 33.3 Å². The van der Waals surface area contributed by atoms with Crippen molar-refractivity contribution >= 4 is 23.9 Å². The third-order valence-corrected chi connectivity index (χ3v) is 4.70. The van der Waals surface area contributed by atoms with Crippen molar-refractivity contribution in [2.45, 2.75) is 58.2 Å². The maximum Gasteiger partial charge on any atom is 0.408 e. The number of nitrogens with zero attached hydrogens (tertiary/aromatic N) is 1. The van der Waals surface area contributed by atoms with Crippen molar-refractivity contribution in [3.05, 3.63) is 35.9 Å². The molecular formula is C23H32N2O9. The molecule has 2 amide bonds. The number of aliphatic carboxylic acids is 1. The van der Waals surface area contributed by atoms with Gasteiger partial charge in [0.05, 0.1) is 0 Å². The summed E-state index contributed by atoms with van der Waals surface area (Å²) in [6.07, 6.45) is -2.26. The molecule has 2 N–H and O–H groups in total. The smallest absolute Gasteiger partial charge is 0.408 e. The highest BCUT2D eigenvalue weighted by atomic mass is 16.6. The Morgan fingerprint density at radius 2 is 1.65 bits per heavy atom. The van der Waals surface area contributed by atoms with Gasteiger partial charge in [0, 0.05) is 13.1 Å². The summed E-state index contributed by atoms with van der Waals surface area (Å²) in [5.74, 6) is -2.19. The standard InChI is InChI=1S/C23H32N2O9/c1-15(24-22(30)33-12-16-8-6-5-7-9-16)21(29)25-10-17(31-13-19(26)27)18(11-25)32-14-20(28)34-23(2,3)4/h5-9,15,17-18H,10-14H2,1-4H3,(H,24,30)(H,26,27)/t15?,17?,18-/m1/s1. The van der Waals surface area contributed by atoms with Gasteiger partial charge in [-0.25, -0.2) is 14.4 Å². The van der Waals surface area contributed by atoms with Gasteiger partial charge in [0.15, 0.2) is 0 Å². The first kappa shape index (κ1) is 27.1. The van der Waals surface area contributed by atoms with E-state index in [1.165, 1.54) is 11.8 Å². The molecule has 188 valence electrons. The lowest BCUT2D eigenvalue weighted by molar-refractivity contribution is -0.165. The van der Waals surface area contributed by atoms with Crippen LogP contribution in [0.1, 0.15) is 33.3 Å². The van der Waals surface area contributed by atoms with E-state index in [0.717, 1.165) is 5.56 Å². The molecule has 34 heavy (non-hydrogen) atoms. The summed E-state index contributed by atoms with van der Waals surface area (Å²) in [4.78, 5) is 49.2. The molecule has 0 aliphatic carbocycles. The van der Waals surface area contributed by atoms with E-state index < -0.39 is 54.4 Å². The van der Waals surface area contributed by atoms with Crippen molar-refractivity contribution in [1.29, 1.82) is 0 Å². The first-order chi connectivity index (χ1) is 15.9. The molecule has 2 rings (SSSR count). The lowest BCUT2D eigenvalue weighted by atomic mass is 10.2. The maximum absolute atomic E-state index is 12.8. The number of hydrogen-bond acceptors (Lipinski definition) is 8. The summed E-state index contributed by atoms with van der Waals surface area (Å²) < 4.78 is 21.3. The van der Waals surface area contributed by atoms with Gasteiger partial charge >= 0.3 is 18.0 Å². The van der Waals surface area contributed by atoms with E-state index in [1.807, 2.05) is 18.2 Å². The number of carbonyl (C=O) groups is 4. The highest BCUT2D eigenvalue weighted by molar-refractivity contribution is 5.85. The molecule has 1 fully saturated rings. The number of ether oxygens (including phenoxy) is 4. The molecule has 0 saturated carbocycles. The lowest BCUT2D eigenvalue weighted by Gasteiger charge is -2.22. The Bertz CT molecular complexity index is 854. The van der Waals surface area contributed by atoms with Crippen molar-refractivity contribution in [3.63, 3.8) is 0 Å². The van der Waals surface area contributed by atoms with Crippen LogP contribution in [0.3, 0.4) is 0 Å². The molecule has 1 saturated heterocycles. The molecule has 1 aromatic rings. The van der Waals surface area contributed by atoms with E-state index in [-0.39, 0.29) is 26.3 Å². The molecular weight excluding hydrogens is 448 g/mol. The SMILES string of the molecule is CC(NC(=O)OCc1ccccc1)C(=O)N1CC(OCC(=O)O)[C@H](OCC(=O)OC(C)(C)C)C1. The Balaban J connectivity index is 1.90. The number of nitrogens with one attached hydrogen (secondary N) is 1. The highest BCUT2D eigenvalue weighted by Gasteiger charge is 2.39. The molecule has 0 bridgehead atoms. The maximum atomic E-state index is 12.8. The van der Waals surface area contributed by atoms with Gasteiger partial charge in [0.1, 0.15) is 43.7 Å². The molecule has 11 heteroatoms. The molecule has 1 aliphatic rings. The van der Waals surface area contributed by atoms with Crippen molar-refractivity contribution in [1.82, 2.24) is 10.2 Å². The Morgan fingerprint density at radius 3 is 2.21 bits per heavy atom. The van der Waals surface area contributed by atoms with Gasteiger partial charge in [-0.15, -0.1) is 0 Å². The molecule has 1 aliphatic heterocycles. The van der Waals surface area contributed by atoms with Crippen LogP contribution in [0.2, 0.25) is 0 Å². The molecule has 1 heterocycles. The number of carboxylic acids is 1. The predicted octanol–water partition coefficient (Wildman–Crippen LogP) is 1.34. The summed E-state index contributed by atoms with van der Waals surface area (Å²) in [6.45, 7) is 5.86. The Hall–Kier alpha value is -3.18. The Kier molecular flexibility index (Phi) is 9.82. The minimum atomic E-state index is -1.17. The topological polar surface area (TPSA) is 141 Å². The fourth-order valence-electron chi connectivity index (χ4n) is 3.25. The van der Waals surface area contributed by atoms with Crippen molar-refractivity contribution in [3.8, 4) is 0 Å². The van der Waals surface area contributed by atoms with Crippen LogP contribution < -0.4 is 5.32 Å². The minimum Gasteiger partial charge on any atom is -0.480 e. The fourth-order valence-corrected chi connectivity index (χ4v) is 3.25. The summed E-state index contributed by atoms with van der Waals surface area (Å²) in [6, 6.07) is 8.19. The van der Waals surface area contributed by atoms with Crippen molar-refractivity contribution < 1.29 is 43.2 Å². The van der Waals surface area contributed by atoms with E-state index >= 15 is 0 Å². The number of alkyl carbamates (subject to hydrolysis) is 1. The molecule has 1 aromatic carbocycles. The molecule has 2 unspecified atom stereocenters. The van der Waals surface area contributed by atoms with Crippen LogP contribution in [0.4, 0.5) is 4.79 Å². The Morgan fingerprint density at radius 1 is 1.06 bits per heavy atom. The van der Waals surface area contributed by atoms with E-state index in [2.05, 4.69) is 5.32 Å². The third kappa shape index (κ3) is 9.36. The van der Waals surface area contributed by atoms with Crippen LogP contribution in [0.5, 0.6) is 0 Å². The number of carbonyl (C=O) groups excluding carboxylic acids is 3. The second-order valence-electron chi connectivity index (χ2n) is 8.85. The van der Waals surface area contributed by atoms with Crippen molar-refractivity contribution in [2.75, 3.05) is 26.3 Å². The molecule has 0 spiro atoms. The lowest BCUT2D eigenvalue weighted by Crippen LogP contribution is -2.46. The first-order valence-corrected chi connectivity index (χ1v) is 10.9. The highest BCUT2D eigenvalue weighted by Crippen LogP contribution is 2.19. The largest absolute Gasteiger partial charge is 0.480 e. The number of benzene rings is 1. The average Bonchev–Trinajstić information content (AvgIpc) is 3.17. The predicted molar refractivity (Wildman–Crippen MR) is 119 cm³/mol. The number of amides is 2. The van der Waals surface area contributed by atoms with Gasteiger partial charge < -0.3 is 34.3 Å². The number of esters is 1. The van der Waals surface area contributed by atoms with Crippen LogP contribution in [-0.4, -0.2) is 84.1 Å². The molecule has 0 radical (unpaired) electrons. The van der Waals surface area contributed by atoms with E-state index in [0.29, 0.717) is 0 Å². The van der Waals surface area contributed by atoms with Gasteiger partial charge in [0.25, 0.3) is 0 Å². The van der Waals surface area contributed by atoms with Gasteiger partial charge in [-0.1, -0.05) is 30.3 Å². The van der Waals surface area contributed by atoms with Crippen LogP contribution in [0, 0.1) is 0 Å². The van der Waals surface area contributed by atoms with Crippen LogP contribution in [0.15, 0.2) is 30.3 Å². The fraction of sp³-hybridized carbons (Fsp3) is 0.565. The van der Waals surface area contributed by atoms with E-state index in [1.54, 1.807) is 32.9 Å². The zero-order chi connectivity index (χ0) is 25.3. The van der Waals surface area contributed by atoms with Crippen LogP contribution in [0.25, 0.3) is 0 Å². The third-order valence-electron chi connectivity index (χ3n) is 4.70. The van der Waals surface area contributed by atoms with E-state index in [9.17, 15) is 19.2 Å². The normalized spacial score (nSPS) is 18.8. The number of carboxylic acid groups (broad SMARTS) is 1. The second kappa shape index (κ2) is 12.3. The summed E-state index contributed by atoms with van der Waals surface area (Å²) >= 11 is 0. The van der Waals surface area contributed by atoms with Crippen LogP contribution in [-0.2, 0) is 39.9 Å². The summed E-state index contributed by atoms with van der Waals surface area (Å²) in [5, 5.41) is 11.4. The minimum absolute atomic E-state index is 0.0379. The van der Waals surface area contributed by atoms with E-state index in [4.69, 9.17) is 24.1 Å². The average molecular weight is 481 g/mol. The summed E-state index contributed by atoms with van der Waals surface area (Å²) in [5.41, 5.74) is 0.118. The van der Waals surface area contributed by atoms with Gasteiger partial charge in [-0.3, -0.25) is 4.79 Å². The monoisotopic (exact) mass is 480 g/mol. The number of likely N-dealkylation sites (tertiary alicyclic amines) is 1. The quantitative estimate of drug-likeness (QED) is 0.475.